The number of piperazine rings is 1. The Hall–Kier alpha value is -2.60. The number of pyridine rings is 1. The molecule has 28 heavy (non-hydrogen) atoms. The second-order valence-corrected chi connectivity index (χ2v) is 7.32. The fourth-order valence-corrected chi connectivity index (χ4v) is 3.67. The van der Waals surface area contributed by atoms with Crippen molar-refractivity contribution in [2.45, 2.75) is 12.8 Å². The Morgan fingerprint density at radius 1 is 1.11 bits per heavy atom. The highest BCUT2D eigenvalue weighted by atomic mass is 16.5. The van der Waals surface area contributed by atoms with Gasteiger partial charge in [0.15, 0.2) is 0 Å². The van der Waals surface area contributed by atoms with Crippen LogP contribution in [-0.2, 0) is 6.42 Å². The van der Waals surface area contributed by atoms with E-state index in [4.69, 9.17) is 4.74 Å². The molecule has 1 aliphatic rings. The zero-order valence-electron chi connectivity index (χ0n) is 17.1. The molecule has 0 radical (unpaired) electrons. The van der Waals surface area contributed by atoms with E-state index in [1.165, 1.54) is 5.56 Å². The van der Waals surface area contributed by atoms with Gasteiger partial charge in [-0.05, 0) is 43.1 Å². The van der Waals surface area contributed by atoms with E-state index in [1.54, 1.807) is 13.3 Å². The largest absolute Gasteiger partial charge is 0.496 e. The highest BCUT2D eigenvalue weighted by Crippen LogP contribution is 2.20. The molecule has 0 aliphatic carbocycles. The molecular formula is C22H30N4O2. The summed E-state index contributed by atoms with van der Waals surface area (Å²) in [6.45, 7) is 4.38. The van der Waals surface area contributed by atoms with Crippen molar-refractivity contribution in [2.24, 2.45) is 0 Å². The highest BCUT2D eigenvalue weighted by molar-refractivity contribution is 5.98. The zero-order chi connectivity index (χ0) is 19.9. The maximum atomic E-state index is 12.9. The summed E-state index contributed by atoms with van der Waals surface area (Å²) in [5, 5.41) is 0. The minimum Gasteiger partial charge on any atom is -0.496 e. The van der Waals surface area contributed by atoms with E-state index in [-0.39, 0.29) is 5.91 Å². The first-order valence-corrected chi connectivity index (χ1v) is 9.86. The van der Waals surface area contributed by atoms with Crippen LogP contribution in [0.25, 0.3) is 0 Å². The number of carbonyl (C=O) groups is 1. The summed E-state index contributed by atoms with van der Waals surface area (Å²) in [4.78, 5) is 23.6. The van der Waals surface area contributed by atoms with Crippen LogP contribution in [0.3, 0.4) is 0 Å². The van der Waals surface area contributed by atoms with E-state index in [9.17, 15) is 4.79 Å². The Morgan fingerprint density at radius 2 is 1.86 bits per heavy atom. The van der Waals surface area contributed by atoms with Gasteiger partial charge >= 0.3 is 0 Å². The van der Waals surface area contributed by atoms with Gasteiger partial charge in [0.1, 0.15) is 11.6 Å². The molecule has 0 unspecified atom stereocenters. The zero-order valence-corrected chi connectivity index (χ0v) is 17.1. The van der Waals surface area contributed by atoms with Crippen molar-refractivity contribution in [1.82, 2.24) is 14.8 Å². The molecule has 6 heteroatoms. The molecular weight excluding hydrogens is 352 g/mol. The Bertz CT molecular complexity index is 786. The van der Waals surface area contributed by atoms with Crippen LogP contribution in [-0.4, -0.2) is 74.6 Å². The lowest BCUT2D eigenvalue weighted by Crippen LogP contribution is -2.49. The van der Waals surface area contributed by atoms with Crippen LogP contribution in [0.4, 0.5) is 5.82 Å². The molecule has 2 heterocycles. The van der Waals surface area contributed by atoms with Gasteiger partial charge in [0, 0.05) is 46.5 Å². The van der Waals surface area contributed by atoms with E-state index in [1.807, 2.05) is 48.2 Å². The van der Waals surface area contributed by atoms with Crippen LogP contribution in [0, 0.1) is 0 Å². The second-order valence-electron chi connectivity index (χ2n) is 7.32. The van der Waals surface area contributed by atoms with Crippen molar-refractivity contribution in [3.63, 3.8) is 0 Å². The van der Waals surface area contributed by atoms with Gasteiger partial charge in [-0.3, -0.25) is 9.69 Å². The number of anilines is 1. The number of hydrogen-bond donors (Lipinski definition) is 0. The van der Waals surface area contributed by atoms with Crippen LogP contribution < -0.4 is 9.64 Å². The molecule has 0 spiro atoms. The molecule has 1 aromatic carbocycles. The molecule has 1 aliphatic heterocycles. The van der Waals surface area contributed by atoms with E-state index in [0.717, 1.165) is 57.1 Å². The third kappa shape index (κ3) is 4.81. The number of methoxy groups -OCH3 is 1. The molecule has 1 saturated heterocycles. The molecule has 0 saturated carbocycles. The van der Waals surface area contributed by atoms with E-state index >= 15 is 0 Å². The Kier molecular flexibility index (Phi) is 6.87. The first-order valence-electron chi connectivity index (χ1n) is 9.86. The van der Waals surface area contributed by atoms with Crippen LogP contribution in [0.15, 0.2) is 42.6 Å². The predicted molar refractivity (Wildman–Crippen MR) is 112 cm³/mol. The fourth-order valence-electron chi connectivity index (χ4n) is 3.67. The lowest BCUT2D eigenvalue weighted by atomic mass is 10.1. The average molecular weight is 383 g/mol. The topological polar surface area (TPSA) is 48.9 Å². The second kappa shape index (κ2) is 9.55. The molecule has 1 aromatic heterocycles. The van der Waals surface area contributed by atoms with Crippen LogP contribution in [0.5, 0.6) is 5.75 Å². The summed E-state index contributed by atoms with van der Waals surface area (Å²) >= 11 is 0. The van der Waals surface area contributed by atoms with Crippen molar-refractivity contribution in [3.8, 4) is 5.75 Å². The van der Waals surface area contributed by atoms with Crippen molar-refractivity contribution in [2.75, 3.05) is 58.8 Å². The van der Waals surface area contributed by atoms with E-state index in [2.05, 4.69) is 22.0 Å². The molecule has 150 valence electrons. The lowest BCUT2D eigenvalue weighted by Gasteiger charge is -2.35. The van der Waals surface area contributed by atoms with Gasteiger partial charge in [-0.2, -0.15) is 0 Å². The number of carbonyl (C=O) groups excluding carboxylic acids is 1. The minimum absolute atomic E-state index is 0.0745. The maximum absolute atomic E-state index is 12.9. The molecule has 0 atom stereocenters. The number of rotatable bonds is 7. The van der Waals surface area contributed by atoms with E-state index in [0.29, 0.717) is 5.56 Å². The third-order valence-electron chi connectivity index (χ3n) is 5.21. The SMILES string of the molecule is COc1ccccc1CCCN1CCN(C(=O)c2cccnc2N(C)C)CC1. The van der Waals surface area contributed by atoms with Gasteiger partial charge in [-0.1, -0.05) is 18.2 Å². The summed E-state index contributed by atoms with van der Waals surface area (Å²) in [7, 11) is 5.55. The summed E-state index contributed by atoms with van der Waals surface area (Å²) in [5.74, 6) is 1.77. The number of amides is 1. The number of nitrogens with zero attached hydrogens (tertiary/aromatic N) is 4. The number of benzene rings is 1. The van der Waals surface area contributed by atoms with Gasteiger partial charge in [0.25, 0.3) is 5.91 Å². The highest BCUT2D eigenvalue weighted by Gasteiger charge is 2.24. The number of ether oxygens (including phenoxy) is 1. The summed E-state index contributed by atoms with van der Waals surface area (Å²) < 4.78 is 5.43. The molecule has 2 aromatic rings. The first-order chi connectivity index (χ1) is 13.6. The van der Waals surface area contributed by atoms with Crippen molar-refractivity contribution >= 4 is 11.7 Å². The normalized spacial score (nSPS) is 14.8. The summed E-state index contributed by atoms with van der Waals surface area (Å²) in [6, 6.07) is 11.9. The van der Waals surface area contributed by atoms with Crippen molar-refractivity contribution < 1.29 is 9.53 Å². The average Bonchev–Trinajstić information content (AvgIpc) is 2.74. The number of aryl methyl sites for hydroxylation is 1. The number of hydrogen-bond acceptors (Lipinski definition) is 5. The van der Waals surface area contributed by atoms with Crippen LogP contribution in [0.2, 0.25) is 0 Å². The predicted octanol–water partition coefficient (Wildman–Crippen LogP) is 2.55. The van der Waals surface area contributed by atoms with Gasteiger partial charge in [0.05, 0.1) is 12.7 Å². The molecule has 0 bridgehead atoms. The fraction of sp³-hybridized carbons (Fsp3) is 0.455. The molecule has 3 rings (SSSR count). The first kappa shape index (κ1) is 20.1. The van der Waals surface area contributed by atoms with Crippen molar-refractivity contribution in [3.05, 3.63) is 53.7 Å². The smallest absolute Gasteiger partial charge is 0.257 e. The van der Waals surface area contributed by atoms with E-state index < -0.39 is 0 Å². The standard InChI is InChI=1S/C22H30N4O2/c1-24(2)21-19(10-6-12-23-21)22(27)26-16-14-25(15-17-26)13-7-9-18-8-4-5-11-20(18)28-3/h4-6,8,10-12H,7,9,13-17H2,1-3H3. The monoisotopic (exact) mass is 382 g/mol. The summed E-state index contributed by atoms with van der Waals surface area (Å²) in [6.07, 6.45) is 3.82. The Labute approximate surface area is 167 Å². The third-order valence-corrected chi connectivity index (χ3v) is 5.21. The van der Waals surface area contributed by atoms with Gasteiger partial charge < -0.3 is 14.5 Å². The molecule has 1 amide bonds. The van der Waals surface area contributed by atoms with Crippen LogP contribution in [0.1, 0.15) is 22.3 Å². The quantitative estimate of drug-likeness (QED) is 0.737. The Morgan fingerprint density at radius 3 is 2.57 bits per heavy atom. The number of para-hydroxylation sites is 1. The molecule has 1 fully saturated rings. The summed E-state index contributed by atoms with van der Waals surface area (Å²) in [5.41, 5.74) is 1.93. The maximum Gasteiger partial charge on any atom is 0.257 e. The number of aromatic nitrogens is 1. The van der Waals surface area contributed by atoms with Gasteiger partial charge in [-0.15, -0.1) is 0 Å². The molecule has 6 nitrogen and oxygen atoms in total. The molecule has 0 N–H and O–H groups in total. The lowest BCUT2D eigenvalue weighted by molar-refractivity contribution is 0.0636. The van der Waals surface area contributed by atoms with Crippen LogP contribution >= 0.6 is 0 Å². The van der Waals surface area contributed by atoms with Gasteiger partial charge in [0.2, 0.25) is 0 Å². The van der Waals surface area contributed by atoms with Crippen molar-refractivity contribution in [1.29, 1.82) is 0 Å². The minimum atomic E-state index is 0.0745. The Balaban J connectivity index is 1.49. The van der Waals surface area contributed by atoms with Gasteiger partial charge in [-0.25, -0.2) is 4.98 Å².